The van der Waals surface area contributed by atoms with Crippen LogP contribution < -0.4 is 0 Å². The lowest BCUT2D eigenvalue weighted by Crippen LogP contribution is -2.44. The Kier molecular flexibility index (Phi) is 2.64. The maximum Gasteiger partial charge on any atom is 0.0676 e. The number of hydrogen-bond acceptors (Lipinski definition) is 1. The van der Waals surface area contributed by atoms with E-state index in [1.165, 1.54) is 38.5 Å². The molecule has 2 aliphatic rings. The fourth-order valence-corrected chi connectivity index (χ4v) is 3.31. The molecule has 2 saturated carbocycles. The topological polar surface area (TPSA) is 20.2 Å². The molecule has 2 unspecified atom stereocenters. The van der Waals surface area contributed by atoms with Gasteiger partial charge < -0.3 is 5.11 Å². The largest absolute Gasteiger partial charge is 0.390 e. The van der Waals surface area contributed by atoms with Crippen molar-refractivity contribution in [2.45, 2.75) is 63.9 Å². The maximum absolute atomic E-state index is 10.4. The van der Waals surface area contributed by atoms with E-state index in [4.69, 9.17) is 0 Å². The molecule has 0 aliphatic heterocycles. The van der Waals surface area contributed by atoms with Gasteiger partial charge in [0.25, 0.3) is 0 Å². The lowest BCUT2D eigenvalue weighted by molar-refractivity contribution is -0.0873. The molecule has 1 nitrogen and oxygen atoms in total. The molecule has 0 saturated heterocycles. The molecule has 0 aromatic heterocycles. The van der Waals surface area contributed by atoms with Crippen LogP contribution in [-0.4, -0.2) is 10.7 Å². The first-order chi connectivity index (χ1) is 6.24. The molecular weight excluding hydrogens is 160 g/mol. The highest BCUT2D eigenvalue weighted by molar-refractivity contribution is 4.94. The van der Waals surface area contributed by atoms with Crippen molar-refractivity contribution >= 4 is 0 Å². The SMILES string of the molecule is CCC1CC[C@]2(O)CCCCC2C1. The van der Waals surface area contributed by atoms with Gasteiger partial charge in [0.15, 0.2) is 0 Å². The molecule has 0 aromatic carbocycles. The Hall–Kier alpha value is -0.0400. The van der Waals surface area contributed by atoms with E-state index in [9.17, 15) is 5.11 Å². The Morgan fingerprint density at radius 2 is 2.08 bits per heavy atom. The van der Waals surface area contributed by atoms with E-state index in [1.807, 2.05) is 0 Å². The zero-order valence-corrected chi connectivity index (χ0v) is 8.76. The summed E-state index contributed by atoms with van der Waals surface area (Å²) >= 11 is 0. The fraction of sp³-hybridized carbons (Fsp3) is 1.00. The predicted octanol–water partition coefficient (Wildman–Crippen LogP) is 3.12. The Morgan fingerprint density at radius 3 is 2.85 bits per heavy atom. The van der Waals surface area contributed by atoms with Gasteiger partial charge in [-0.2, -0.15) is 0 Å². The smallest absolute Gasteiger partial charge is 0.0676 e. The number of hydrogen-bond donors (Lipinski definition) is 1. The summed E-state index contributed by atoms with van der Waals surface area (Å²) < 4.78 is 0. The molecule has 0 amide bonds. The van der Waals surface area contributed by atoms with Gasteiger partial charge in [-0.05, 0) is 43.9 Å². The van der Waals surface area contributed by atoms with Crippen LogP contribution in [0.25, 0.3) is 0 Å². The minimum atomic E-state index is -0.246. The predicted molar refractivity (Wildman–Crippen MR) is 54.5 cm³/mol. The third kappa shape index (κ3) is 1.76. The van der Waals surface area contributed by atoms with Gasteiger partial charge in [-0.25, -0.2) is 0 Å². The van der Waals surface area contributed by atoms with Crippen LogP contribution in [-0.2, 0) is 0 Å². The Labute approximate surface area is 81.5 Å². The third-order valence-corrected chi connectivity index (χ3v) is 4.35. The van der Waals surface area contributed by atoms with Crippen molar-refractivity contribution in [3.05, 3.63) is 0 Å². The molecule has 0 radical (unpaired) electrons. The van der Waals surface area contributed by atoms with Gasteiger partial charge in [-0.1, -0.05) is 26.2 Å². The summed E-state index contributed by atoms with van der Waals surface area (Å²) in [6.07, 6.45) is 9.92. The highest BCUT2D eigenvalue weighted by Crippen LogP contribution is 2.46. The second kappa shape index (κ2) is 3.61. The molecule has 76 valence electrons. The molecule has 1 heteroatoms. The Bertz CT molecular complexity index is 178. The molecule has 3 atom stereocenters. The van der Waals surface area contributed by atoms with Crippen LogP contribution in [0.4, 0.5) is 0 Å². The molecule has 2 fully saturated rings. The van der Waals surface area contributed by atoms with Gasteiger partial charge in [0.1, 0.15) is 0 Å². The molecule has 0 aromatic rings. The average Bonchev–Trinajstić information content (AvgIpc) is 2.16. The summed E-state index contributed by atoms with van der Waals surface area (Å²) in [5.41, 5.74) is -0.246. The lowest BCUT2D eigenvalue weighted by atomic mass is 9.64. The Morgan fingerprint density at radius 1 is 1.23 bits per heavy atom. The summed E-state index contributed by atoms with van der Waals surface area (Å²) in [6.45, 7) is 2.29. The first-order valence-corrected chi connectivity index (χ1v) is 5.97. The van der Waals surface area contributed by atoms with Gasteiger partial charge >= 0.3 is 0 Å². The van der Waals surface area contributed by atoms with Gasteiger partial charge in [-0.3, -0.25) is 0 Å². The summed E-state index contributed by atoms with van der Waals surface area (Å²) in [7, 11) is 0. The van der Waals surface area contributed by atoms with Crippen molar-refractivity contribution in [3.63, 3.8) is 0 Å². The van der Waals surface area contributed by atoms with E-state index in [0.717, 1.165) is 18.8 Å². The van der Waals surface area contributed by atoms with Crippen LogP contribution >= 0.6 is 0 Å². The average molecular weight is 182 g/mol. The molecule has 1 N–H and O–H groups in total. The van der Waals surface area contributed by atoms with E-state index >= 15 is 0 Å². The van der Waals surface area contributed by atoms with Crippen LogP contribution in [0.3, 0.4) is 0 Å². The molecule has 0 bridgehead atoms. The lowest BCUT2D eigenvalue weighted by Gasteiger charge is -2.46. The highest BCUT2D eigenvalue weighted by atomic mass is 16.3. The maximum atomic E-state index is 10.4. The Balaban J connectivity index is 2.01. The van der Waals surface area contributed by atoms with Gasteiger partial charge in [0.05, 0.1) is 5.60 Å². The second-order valence-corrected chi connectivity index (χ2v) is 5.09. The van der Waals surface area contributed by atoms with E-state index in [-0.39, 0.29) is 5.60 Å². The fourth-order valence-electron chi connectivity index (χ4n) is 3.31. The summed E-state index contributed by atoms with van der Waals surface area (Å²) in [5.74, 6) is 1.54. The van der Waals surface area contributed by atoms with E-state index in [0.29, 0.717) is 5.92 Å². The van der Waals surface area contributed by atoms with E-state index in [1.54, 1.807) is 0 Å². The zero-order chi connectivity index (χ0) is 9.31. The van der Waals surface area contributed by atoms with Crippen molar-refractivity contribution in [2.24, 2.45) is 11.8 Å². The van der Waals surface area contributed by atoms with Crippen molar-refractivity contribution in [1.29, 1.82) is 0 Å². The van der Waals surface area contributed by atoms with Crippen molar-refractivity contribution in [2.75, 3.05) is 0 Å². The highest BCUT2D eigenvalue weighted by Gasteiger charge is 2.42. The minimum Gasteiger partial charge on any atom is -0.390 e. The van der Waals surface area contributed by atoms with Gasteiger partial charge in [-0.15, -0.1) is 0 Å². The molecule has 0 spiro atoms. The first kappa shape index (κ1) is 9.51. The van der Waals surface area contributed by atoms with Crippen LogP contribution in [0.2, 0.25) is 0 Å². The summed E-state index contributed by atoms with van der Waals surface area (Å²) in [5, 5.41) is 10.4. The summed E-state index contributed by atoms with van der Waals surface area (Å²) in [6, 6.07) is 0. The minimum absolute atomic E-state index is 0.246. The van der Waals surface area contributed by atoms with E-state index in [2.05, 4.69) is 6.92 Å². The third-order valence-electron chi connectivity index (χ3n) is 4.35. The second-order valence-electron chi connectivity index (χ2n) is 5.09. The zero-order valence-electron chi connectivity index (χ0n) is 8.76. The van der Waals surface area contributed by atoms with Crippen LogP contribution in [0.5, 0.6) is 0 Å². The quantitative estimate of drug-likeness (QED) is 0.660. The van der Waals surface area contributed by atoms with Crippen LogP contribution in [0, 0.1) is 11.8 Å². The normalized spacial score (nSPS) is 45.7. The number of rotatable bonds is 1. The molecular formula is C12H22O. The number of fused-ring (bicyclic) bond motifs is 1. The van der Waals surface area contributed by atoms with Crippen molar-refractivity contribution < 1.29 is 5.11 Å². The van der Waals surface area contributed by atoms with Crippen LogP contribution in [0.15, 0.2) is 0 Å². The van der Waals surface area contributed by atoms with Gasteiger partial charge in [0.2, 0.25) is 0 Å². The van der Waals surface area contributed by atoms with E-state index < -0.39 is 0 Å². The summed E-state index contributed by atoms with van der Waals surface area (Å²) in [4.78, 5) is 0. The number of aliphatic hydroxyl groups is 1. The standard InChI is InChI=1S/C12H22O/c1-2-10-6-8-12(13)7-4-3-5-11(12)9-10/h10-11,13H,2-9H2,1H3/t10?,11?,12-/m1/s1. The van der Waals surface area contributed by atoms with Gasteiger partial charge in [0, 0.05) is 0 Å². The molecule has 13 heavy (non-hydrogen) atoms. The molecule has 2 rings (SSSR count). The first-order valence-electron chi connectivity index (χ1n) is 5.97. The van der Waals surface area contributed by atoms with Crippen LogP contribution in [0.1, 0.15) is 58.3 Å². The monoisotopic (exact) mass is 182 g/mol. The molecule has 0 heterocycles. The molecule has 2 aliphatic carbocycles. The van der Waals surface area contributed by atoms with Crippen molar-refractivity contribution in [3.8, 4) is 0 Å². The van der Waals surface area contributed by atoms with Crippen molar-refractivity contribution in [1.82, 2.24) is 0 Å².